The number of hydrogen-bond acceptors (Lipinski definition) is 2. The van der Waals surface area contributed by atoms with Crippen LogP contribution in [0, 0.1) is 17.6 Å². The van der Waals surface area contributed by atoms with Crippen LogP contribution in [0.15, 0.2) is 42.5 Å². The van der Waals surface area contributed by atoms with Gasteiger partial charge in [0.15, 0.2) is 0 Å². The van der Waals surface area contributed by atoms with Crippen molar-refractivity contribution in [3.63, 3.8) is 0 Å². The summed E-state index contributed by atoms with van der Waals surface area (Å²) >= 11 is 5.80. The van der Waals surface area contributed by atoms with Crippen LogP contribution in [-0.4, -0.2) is 17.9 Å². The summed E-state index contributed by atoms with van der Waals surface area (Å²) in [7, 11) is 0. The second-order valence-electron chi connectivity index (χ2n) is 5.96. The van der Waals surface area contributed by atoms with E-state index < -0.39 is 29.5 Å². The van der Waals surface area contributed by atoms with Gasteiger partial charge in [-0.3, -0.25) is 9.59 Å². The van der Waals surface area contributed by atoms with Crippen LogP contribution in [0.5, 0.6) is 0 Å². The highest BCUT2D eigenvalue weighted by molar-refractivity contribution is 6.30. The molecule has 26 heavy (non-hydrogen) atoms. The number of carbonyl (C=O) groups is 2. The summed E-state index contributed by atoms with van der Waals surface area (Å²) < 4.78 is 26.8. The third kappa shape index (κ3) is 5.02. The first kappa shape index (κ1) is 19.8. The van der Waals surface area contributed by atoms with Crippen molar-refractivity contribution in [3.8, 4) is 0 Å². The van der Waals surface area contributed by atoms with E-state index in [1.54, 1.807) is 31.2 Å². The number of amides is 2. The number of benzene rings is 2. The fourth-order valence-corrected chi connectivity index (χ4v) is 2.46. The number of carbonyl (C=O) groups excluding carboxylic acids is 2. The van der Waals surface area contributed by atoms with Gasteiger partial charge >= 0.3 is 0 Å². The second kappa shape index (κ2) is 8.76. The van der Waals surface area contributed by atoms with E-state index in [0.29, 0.717) is 23.1 Å². The quantitative estimate of drug-likeness (QED) is 0.780. The Labute approximate surface area is 155 Å². The maximum atomic E-state index is 13.8. The molecule has 2 amide bonds. The summed E-state index contributed by atoms with van der Waals surface area (Å²) in [6.07, 6.45) is 0.616. The molecule has 0 radical (unpaired) electrons. The van der Waals surface area contributed by atoms with Crippen LogP contribution < -0.4 is 10.6 Å². The molecule has 0 aliphatic carbocycles. The van der Waals surface area contributed by atoms with Crippen LogP contribution in [-0.2, 0) is 4.79 Å². The topological polar surface area (TPSA) is 58.2 Å². The molecule has 4 nitrogen and oxygen atoms in total. The number of anilines is 1. The number of halogens is 3. The van der Waals surface area contributed by atoms with Crippen molar-refractivity contribution in [2.45, 2.75) is 26.3 Å². The lowest BCUT2D eigenvalue weighted by atomic mass is 9.97. The van der Waals surface area contributed by atoms with Crippen molar-refractivity contribution in [1.29, 1.82) is 0 Å². The van der Waals surface area contributed by atoms with Crippen molar-refractivity contribution < 1.29 is 18.4 Å². The third-order valence-electron chi connectivity index (χ3n) is 4.08. The molecule has 0 saturated heterocycles. The molecule has 0 bridgehead atoms. The maximum absolute atomic E-state index is 13.8. The van der Waals surface area contributed by atoms with Crippen LogP contribution in [0.1, 0.15) is 30.6 Å². The minimum absolute atomic E-state index is 0.148. The minimum Gasteiger partial charge on any atom is -0.340 e. The molecule has 2 aromatic rings. The largest absolute Gasteiger partial charge is 0.340 e. The summed E-state index contributed by atoms with van der Waals surface area (Å²) in [6, 6.07) is 8.21. The van der Waals surface area contributed by atoms with Gasteiger partial charge in [-0.1, -0.05) is 31.9 Å². The van der Waals surface area contributed by atoms with Gasteiger partial charge in [0.25, 0.3) is 5.91 Å². The van der Waals surface area contributed by atoms with Crippen LogP contribution in [0.2, 0.25) is 5.02 Å². The van der Waals surface area contributed by atoms with Gasteiger partial charge in [0.05, 0.1) is 5.69 Å². The Morgan fingerprint density at radius 1 is 1.12 bits per heavy atom. The van der Waals surface area contributed by atoms with E-state index in [9.17, 15) is 18.4 Å². The highest BCUT2D eigenvalue weighted by atomic mass is 35.5. The molecule has 2 atom stereocenters. The minimum atomic E-state index is -0.884. The monoisotopic (exact) mass is 380 g/mol. The summed E-state index contributed by atoms with van der Waals surface area (Å²) in [5.74, 6) is -2.84. The average Bonchev–Trinajstić information content (AvgIpc) is 2.61. The lowest BCUT2D eigenvalue weighted by molar-refractivity contribution is -0.119. The molecular formula is C19H19ClF2N2O2. The molecule has 138 valence electrons. The van der Waals surface area contributed by atoms with E-state index in [1.807, 2.05) is 6.92 Å². The van der Waals surface area contributed by atoms with E-state index in [4.69, 9.17) is 11.6 Å². The fourth-order valence-electron chi connectivity index (χ4n) is 2.33. The summed E-state index contributed by atoms with van der Waals surface area (Å²) in [6.45, 7) is 3.67. The average molecular weight is 381 g/mol. The van der Waals surface area contributed by atoms with Crippen molar-refractivity contribution in [2.24, 2.45) is 5.92 Å². The van der Waals surface area contributed by atoms with Gasteiger partial charge < -0.3 is 10.6 Å². The highest BCUT2D eigenvalue weighted by Crippen LogP contribution is 2.18. The smallest absolute Gasteiger partial charge is 0.251 e. The van der Waals surface area contributed by atoms with Gasteiger partial charge in [-0.25, -0.2) is 8.78 Å². The van der Waals surface area contributed by atoms with Crippen molar-refractivity contribution in [3.05, 3.63) is 64.7 Å². The van der Waals surface area contributed by atoms with Gasteiger partial charge in [0, 0.05) is 16.7 Å². The van der Waals surface area contributed by atoms with Crippen LogP contribution >= 0.6 is 11.6 Å². The predicted octanol–water partition coefficient (Wildman–Crippen LogP) is 4.40. The molecule has 0 fully saturated rings. The number of nitrogens with one attached hydrogen (secondary N) is 2. The molecule has 7 heteroatoms. The maximum Gasteiger partial charge on any atom is 0.251 e. The molecule has 0 heterocycles. The molecular weight excluding hydrogens is 362 g/mol. The van der Waals surface area contributed by atoms with E-state index in [2.05, 4.69) is 10.6 Å². The Morgan fingerprint density at radius 3 is 2.35 bits per heavy atom. The van der Waals surface area contributed by atoms with Gasteiger partial charge in [0.1, 0.15) is 17.7 Å². The van der Waals surface area contributed by atoms with Crippen LogP contribution in [0.3, 0.4) is 0 Å². The normalized spacial score (nSPS) is 13.0. The Balaban J connectivity index is 2.16. The molecule has 0 aliphatic heterocycles. The van der Waals surface area contributed by atoms with E-state index in [1.165, 1.54) is 0 Å². The highest BCUT2D eigenvalue weighted by Gasteiger charge is 2.27. The third-order valence-corrected chi connectivity index (χ3v) is 4.33. The Kier molecular flexibility index (Phi) is 6.69. The first-order chi connectivity index (χ1) is 12.3. The van der Waals surface area contributed by atoms with Crippen LogP contribution in [0.4, 0.5) is 14.5 Å². The lowest BCUT2D eigenvalue weighted by Crippen LogP contribution is -2.47. The van der Waals surface area contributed by atoms with Gasteiger partial charge in [-0.05, 0) is 42.3 Å². The summed E-state index contributed by atoms with van der Waals surface area (Å²) in [4.78, 5) is 25.0. The molecule has 2 rings (SSSR count). The zero-order valence-corrected chi connectivity index (χ0v) is 15.1. The molecule has 0 saturated carbocycles. The first-order valence-corrected chi connectivity index (χ1v) is 8.52. The van der Waals surface area contributed by atoms with Crippen molar-refractivity contribution >= 4 is 29.1 Å². The van der Waals surface area contributed by atoms with E-state index >= 15 is 0 Å². The van der Waals surface area contributed by atoms with Crippen molar-refractivity contribution in [1.82, 2.24) is 5.32 Å². The predicted molar refractivity (Wildman–Crippen MR) is 97.1 cm³/mol. The molecule has 2 unspecified atom stereocenters. The Morgan fingerprint density at radius 2 is 1.77 bits per heavy atom. The van der Waals surface area contributed by atoms with Gasteiger partial charge in [-0.15, -0.1) is 0 Å². The van der Waals surface area contributed by atoms with Crippen LogP contribution in [0.25, 0.3) is 0 Å². The Bertz CT molecular complexity index is 797. The number of hydrogen-bond donors (Lipinski definition) is 2. The number of rotatable bonds is 6. The molecule has 2 aromatic carbocycles. The summed E-state index contributed by atoms with van der Waals surface area (Å²) in [5, 5.41) is 5.56. The molecule has 0 spiro atoms. The van der Waals surface area contributed by atoms with Gasteiger partial charge in [0.2, 0.25) is 5.91 Å². The zero-order valence-electron chi connectivity index (χ0n) is 14.4. The molecule has 2 N–H and O–H groups in total. The fraction of sp³-hybridized carbons (Fsp3) is 0.263. The van der Waals surface area contributed by atoms with Gasteiger partial charge in [-0.2, -0.15) is 0 Å². The van der Waals surface area contributed by atoms with E-state index in [-0.39, 0.29) is 11.6 Å². The Hall–Kier alpha value is -2.47. The second-order valence-corrected chi connectivity index (χ2v) is 6.39. The summed E-state index contributed by atoms with van der Waals surface area (Å²) in [5.41, 5.74) is 0.203. The standard InChI is InChI=1S/C19H19ClF2N2O2/c1-3-11(2)17(24-18(25)12-4-6-13(20)7-5-12)19(26)23-16-9-8-14(21)10-15(16)22/h4-11,17H,3H2,1-2H3,(H,23,26)(H,24,25). The molecule has 0 aromatic heterocycles. The van der Waals surface area contributed by atoms with Crippen molar-refractivity contribution in [2.75, 3.05) is 5.32 Å². The first-order valence-electron chi connectivity index (χ1n) is 8.14. The molecule has 0 aliphatic rings. The van der Waals surface area contributed by atoms with E-state index in [0.717, 1.165) is 12.1 Å². The zero-order chi connectivity index (χ0) is 19.3. The SMILES string of the molecule is CCC(C)C(NC(=O)c1ccc(Cl)cc1)C(=O)Nc1ccc(F)cc1F. The lowest BCUT2D eigenvalue weighted by Gasteiger charge is -2.23.